The number of rotatable bonds is 10. The van der Waals surface area contributed by atoms with E-state index in [-0.39, 0.29) is 24.7 Å². The molecular weight excluding hydrogens is 495 g/mol. The number of thiazole rings is 1. The Morgan fingerprint density at radius 2 is 2.00 bits per heavy atom. The van der Waals surface area contributed by atoms with Crippen molar-refractivity contribution in [1.82, 2.24) is 14.5 Å². The highest BCUT2D eigenvalue weighted by atomic mass is 35.5. The lowest BCUT2D eigenvalue weighted by Gasteiger charge is -2.20. The summed E-state index contributed by atoms with van der Waals surface area (Å²) in [4.78, 5) is 24.0. The second-order valence-corrected chi connectivity index (χ2v) is 8.76. The Kier molecular flexibility index (Phi) is 9.15. The molecule has 1 amide bonds. The average Bonchev–Trinajstić information content (AvgIpc) is 3.49. The fraction of sp³-hybridized carbons (Fsp3) is 0.292. The molecule has 34 heavy (non-hydrogen) atoms. The predicted octanol–water partition coefficient (Wildman–Crippen LogP) is 5.64. The molecule has 10 heteroatoms. The van der Waals surface area contributed by atoms with Crippen molar-refractivity contribution in [1.29, 1.82) is 0 Å². The topological polar surface area (TPSA) is 69.5 Å². The maximum atomic E-state index is 13.4. The summed E-state index contributed by atoms with van der Waals surface area (Å²) in [6.07, 6.45) is 6.45. The first-order valence-electron chi connectivity index (χ1n) is 10.7. The van der Waals surface area contributed by atoms with Crippen molar-refractivity contribution < 1.29 is 14.3 Å². The number of aryl methyl sites for hydroxylation is 1. The number of imidazole rings is 1. The summed E-state index contributed by atoms with van der Waals surface area (Å²) in [5.74, 6) is 1.40. The number of anilines is 1. The number of hydrogen-bond acceptors (Lipinski definition) is 6. The first kappa shape index (κ1) is 25.8. The van der Waals surface area contributed by atoms with Gasteiger partial charge in [0.1, 0.15) is 17.0 Å². The van der Waals surface area contributed by atoms with Gasteiger partial charge in [-0.1, -0.05) is 35.1 Å². The molecule has 0 aliphatic rings. The van der Waals surface area contributed by atoms with Gasteiger partial charge in [0.15, 0.2) is 5.13 Å². The second-order valence-electron chi connectivity index (χ2n) is 7.38. The van der Waals surface area contributed by atoms with Crippen molar-refractivity contribution in [3.05, 3.63) is 65.7 Å². The zero-order chi connectivity index (χ0) is 23.2. The van der Waals surface area contributed by atoms with E-state index in [0.717, 1.165) is 29.0 Å². The van der Waals surface area contributed by atoms with Crippen LogP contribution in [0.5, 0.6) is 11.5 Å². The minimum atomic E-state index is -0.0288. The van der Waals surface area contributed by atoms with Crippen LogP contribution in [0.1, 0.15) is 18.9 Å². The van der Waals surface area contributed by atoms with Crippen molar-refractivity contribution in [3.8, 4) is 11.5 Å². The molecule has 0 saturated carbocycles. The first-order valence-corrected chi connectivity index (χ1v) is 11.9. The molecule has 4 rings (SSSR count). The Hall–Kier alpha value is -2.81. The molecule has 0 bridgehead atoms. The van der Waals surface area contributed by atoms with E-state index in [0.29, 0.717) is 34.6 Å². The van der Waals surface area contributed by atoms with Crippen molar-refractivity contribution in [2.24, 2.45) is 0 Å². The highest BCUT2D eigenvalue weighted by molar-refractivity contribution is 7.23. The molecule has 4 aromatic rings. The summed E-state index contributed by atoms with van der Waals surface area (Å²) in [7, 11) is 1.60. The van der Waals surface area contributed by atoms with Gasteiger partial charge in [0.2, 0.25) is 5.91 Å². The predicted molar refractivity (Wildman–Crippen MR) is 139 cm³/mol. The smallest absolute Gasteiger partial charge is 0.233 e. The average molecular weight is 521 g/mol. The van der Waals surface area contributed by atoms with Gasteiger partial charge in [-0.05, 0) is 43.2 Å². The van der Waals surface area contributed by atoms with Gasteiger partial charge in [0, 0.05) is 25.5 Å². The number of hydrogen-bond donors (Lipinski definition) is 0. The fourth-order valence-corrected chi connectivity index (χ4v) is 4.82. The molecule has 7 nitrogen and oxygen atoms in total. The number of carbonyl (C=O) groups is 1. The van der Waals surface area contributed by atoms with Gasteiger partial charge in [-0.25, -0.2) is 9.97 Å². The molecule has 0 fully saturated rings. The molecule has 2 aromatic carbocycles. The van der Waals surface area contributed by atoms with Crippen LogP contribution in [0.2, 0.25) is 5.02 Å². The van der Waals surface area contributed by atoms with Crippen molar-refractivity contribution in [2.45, 2.75) is 26.3 Å². The zero-order valence-corrected chi connectivity index (χ0v) is 21.3. The van der Waals surface area contributed by atoms with Gasteiger partial charge in [-0.15, -0.1) is 12.4 Å². The number of ether oxygens (including phenoxy) is 2. The molecule has 2 heterocycles. The number of methoxy groups -OCH3 is 1. The van der Waals surface area contributed by atoms with Gasteiger partial charge in [-0.2, -0.15) is 0 Å². The minimum Gasteiger partial charge on any atom is -0.494 e. The molecule has 0 radical (unpaired) electrons. The summed E-state index contributed by atoms with van der Waals surface area (Å²) in [5, 5.41) is 1.20. The van der Waals surface area contributed by atoms with E-state index in [2.05, 4.69) is 4.98 Å². The van der Waals surface area contributed by atoms with Crippen LogP contribution in [0.15, 0.2) is 55.1 Å². The number of fused-ring (bicyclic) bond motifs is 1. The van der Waals surface area contributed by atoms with Crippen LogP contribution in [-0.2, 0) is 17.8 Å². The zero-order valence-electron chi connectivity index (χ0n) is 18.9. The van der Waals surface area contributed by atoms with E-state index in [4.69, 9.17) is 26.1 Å². The van der Waals surface area contributed by atoms with Crippen LogP contribution in [0.3, 0.4) is 0 Å². The van der Waals surface area contributed by atoms with Crippen LogP contribution >= 0.6 is 35.3 Å². The molecule has 0 spiro atoms. The van der Waals surface area contributed by atoms with Crippen molar-refractivity contribution in [2.75, 3.05) is 25.2 Å². The lowest BCUT2D eigenvalue weighted by molar-refractivity contribution is -0.118. The van der Waals surface area contributed by atoms with Gasteiger partial charge in [0.05, 0.1) is 36.2 Å². The van der Waals surface area contributed by atoms with Gasteiger partial charge in [-0.3, -0.25) is 9.69 Å². The summed E-state index contributed by atoms with van der Waals surface area (Å²) in [6, 6.07) is 11.2. The fourth-order valence-electron chi connectivity index (χ4n) is 3.52. The number of aromatic nitrogens is 3. The van der Waals surface area contributed by atoms with E-state index in [1.165, 1.54) is 11.3 Å². The highest BCUT2D eigenvalue weighted by Crippen LogP contribution is 2.39. The molecule has 0 N–H and O–H groups in total. The number of carbonyl (C=O) groups excluding carboxylic acids is 1. The molecule has 0 aliphatic heterocycles. The summed E-state index contributed by atoms with van der Waals surface area (Å²) in [5.41, 5.74) is 1.58. The molecule has 180 valence electrons. The molecule has 0 unspecified atom stereocenters. The number of amides is 1. The van der Waals surface area contributed by atoms with E-state index >= 15 is 0 Å². The Morgan fingerprint density at radius 3 is 2.68 bits per heavy atom. The largest absolute Gasteiger partial charge is 0.494 e. The van der Waals surface area contributed by atoms with Crippen LogP contribution in [0, 0.1) is 0 Å². The van der Waals surface area contributed by atoms with E-state index in [1.807, 2.05) is 42.0 Å². The third-order valence-electron chi connectivity index (χ3n) is 5.15. The minimum absolute atomic E-state index is 0. The second kappa shape index (κ2) is 12.1. The third kappa shape index (κ3) is 6.00. The van der Waals surface area contributed by atoms with E-state index in [1.54, 1.807) is 36.7 Å². The van der Waals surface area contributed by atoms with Crippen LogP contribution in [0.25, 0.3) is 10.2 Å². The molecular formula is C24H26Cl2N4O3S. The standard InChI is InChI=1S/C24H25ClN4O3S.ClH/c1-3-32-18-7-5-17(6-8-18)15-21(30)29(13-4-12-28-14-11-26-16-28)24-27-22-20(31-2)10-9-19(25)23(22)33-24;/h5-11,14,16H,3-4,12-13,15H2,1-2H3;1H. The molecule has 2 aromatic heterocycles. The van der Waals surface area contributed by atoms with Gasteiger partial charge in [0.25, 0.3) is 0 Å². The third-order valence-corrected chi connectivity index (χ3v) is 6.68. The van der Waals surface area contributed by atoms with Gasteiger partial charge >= 0.3 is 0 Å². The van der Waals surface area contributed by atoms with Crippen LogP contribution < -0.4 is 14.4 Å². The van der Waals surface area contributed by atoms with Crippen molar-refractivity contribution >= 4 is 56.6 Å². The summed E-state index contributed by atoms with van der Waals surface area (Å²) < 4.78 is 13.8. The number of halogens is 2. The van der Waals surface area contributed by atoms with E-state index in [9.17, 15) is 4.79 Å². The lowest BCUT2D eigenvalue weighted by atomic mass is 10.1. The van der Waals surface area contributed by atoms with Gasteiger partial charge < -0.3 is 14.0 Å². The number of benzene rings is 2. The Bertz CT molecular complexity index is 1210. The summed E-state index contributed by atoms with van der Waals surface area (Å²) >= 11 is 7.82. The molecule has 0 aliphatic carbocycles. The number of nitrogens with zero attached hydrogens (tertiary/aromatic N) is 4. The monoisotopic (exact) mass is 520 g/mol. The quantitative estimate of drug-likeness (QED) is 0.270. The SMILES string of the molecule is CCOc1ccc(CC(=O)N(CCCn2ccnc2)c2nc3c(OC)ccc(Cl)c3s2)cc1.Cl. The normalized spacial score (nSPS) is 10.7. The lowest BCUT2D eigenvalue weighted by Crippen LogP contribution is -2.33. The highest BCUT2D eigenvalue weighted by Gasteiger charge is 2.22. The van der Waals surface area contributed by atoms with Crippen LogP contribution in [0.4, 0.5) is 5.13 Å². The Labute approximate surface area is 213 Å². The first-order chi connectivity index (χ1) is 16.1. The maximum Gasteiger partial charge on any atom is 0.233 e. The van der Waals surface area contributed by atoms with E-state index < -0.39 is 0 Å². The van der Waals surface area contributed by atoms with Crippen molar-refractivity contribution in [3.63, 3.8) is 0 Å². The van der Waals surface area contributed by atoms with Crippen LogP contribution in [-0.4, -0.2) is 40.7 Å². The Balaban J connectivity index is 0.00000324. The molecule has 0 atom stereocenters. The summed E-state index contributed by atoms with van der Waals surface area (Å²) in [6.45, 7) is 3.82. The molecule has 0 saturated heterocycles. The maximum absolute atomic E-state index is 13.4. The Morgan fingerprint density at radius 1 is 1.21 bits per heavy atom.